The molecule has 1 aliphatic heterocycles. The topological polar surface area (TPSA) is 91.9 Å². The zero-order chi connectivity index (χ0) is 18.9. The maximum Gasteiger partial charge on any atom is 0.324 e. The van der Waals surface area contributed by atoms with E-state index in [1.54, 1.807) is 4.90 Å². The zero-order valence-electron chi connectivity index (χ0n) is 15.5. The summed E-state index contributed by atoms with van der Waals surface area (Å²) in [5, 5.41) is 2.30. The number of benzene rings is 1. The molecule has 1 heterocycles. The van der Waals surface area contributed by atoms with Crippen molar-refractivity contribution in [1.29, 1.82) is 0 Å². The molecular formula is C19H28N4O4. The molecule has 0 bridgehead atoms. The predicted molar refractivity (Wildman–Crippen MR) is 101 cm³/mol. The number of nitrogens with one attached hydrogen (secondary N) is 3. The molecule has 0 atom stereocenters. The van der Waals surface area contributed by atoms with Crippen LogP contribution in [0.4, 0.5) is 10.5 Å². The minimum absolute atomic E-state index is 0.212. The predicted octanol–water partition coefficient (Wildman–Crippen LogP) is 1.74. The molecule has 0 spiro atoms. The van der Waals surface area contributed by atoms with Crippen molar-refractivity contribution in [1.82, 2.24) is 15.6 Å². The van der Waals surface area contributed by atoms with Gasteiger partial charge in [0.15, 0.2) is 0 Å². The molecule has 1 aromatic rings. The van der Waals surface area contributed by atoms with Crippen LogP contribution >= 0.6 is 0 Å². The van der Waals surface area contributed by atoms with Crippen LogP contribution in [0.5, 0.6) is 5.75 Å². The first kappa shape index (κ1) is 19.4. The number of imide groups is 1. The minimum atomic E-state index is -0.330. The fourth-order valence-corrected chi connectivity index (χ4v) is 2.68. The molecule has 0 radical (unpaired) electrons. The first-order valence-electron chi connectivity index (χ1n) is 9.59. The van der Waals surface area contributed by atoms with E-state index in [9.17, 15) is 9.59 Å². The lowest BCUT2D eigenvalue weighted by Crippen LogP contribution is -2.50. The third-order valence-corrected chi connectivity index (χ3v) is 4.49. The monoisotopic (exact) mass is 376 g/mol. The highest BCUT2D eigenvalue weighted by molar-refractivity contribution is 5.96. The number of nitrogens with zero attached hydrogens (tertiary/aromatic N) is 1. The van der Waals surface area contributed by atoms with Gasteiger partial charge < -0.3 is 19.8 Å². The molecular weight excluding hydrogens is 348 g/mol. The van der Waals surface area contributed by atoms with Gasteiger partial charge in [-0.3, -0.25) is 10.1 Å². The molecule has 3 N–H and O–H groups in total. The first-order valence-corrected chi connectivity index (χ1v) is 9.59. The van der Waals surface area contributed by atoms with E-state index in [0.29, 0.717) is 32.7 Å². The van der Waals surface area contributed by atoms with Crippen molar-refractivity contribution in [3.63, 3.8) is 0 Å². The van der Waals surface area contributed by atoms with Crippen LogP contribution in [-0.4, -0.2) is 56.3 Å². The standard InChI is InChI=1S/C19H28N4O4/c24-18-7-9-23(19(25)21-18)10-12-26-11-2-8-20-22-16-3-1-4-17(13-16)27-14-15-5-6-15/h1,3-4,13,15,20,22H,2,5-12,14H2,(H,21,24,25). The summed E-state index contributed by atoms with van der Waals surface area (Å²) < 4.78 is 11.3. The number of hydrogen-bond donors (Lipinski definition) is 3. The zero-order valence-corrected chi connectivity index (χ0v) is 15.5. The van der Waals surface area contributed by atoms with Crippen LogP contribution in [-0.2, 0) is 9.53 Å². The number of anilines is 1. The fraction of sp³-hybridized carbons (Fsp3) is 0.579. The van der Waals surface area contributed by atoms with Crippen LogP contribution in [0.15, 0.2) is 24.3 Å². The van der Waals surface area contributed by atoms with Gasteiger partial charge >= 0.3 is 6.03 Å². The van der Waals surface area contributed by atoms with Crippen LogP contribution in [0.3, 0.4) is 0 Å². The van der Waals surface area contributed by atoms with E-state index in [4.69, 9.17) is 9.47 Å². The van der Waals surface area contributed by atoms with Crippen molar-refractivity contribution in [2.75, 3.05) is 44.9 Å². The SMILES string of the molecule is O=C1CCN(CCOCCCNNc2cccc(OCC3CC3)c2)C(=O)N1. The van der Waals surface area contributed by atoms with Crippen LogP contribution in [0.2, 0.25) is 0 Å². The van der Waals surface area contributed by atoms with Crippen molar-refractivity contribution in [3.05, 3.63) is 24.3 Å². The molecule has 0 unspecified atom stereocenters. The molecule has 148 valence electrons. The summed E-state index contributed by atoms with van der Waals surface area (Å²) in [5.41, 5.74) is 7.29. The van der Waals surface area contributed by atoms with Crippen molar-refractivity contribution in [2.45, 2.75) is 25.7 Å². The number of hydrogen-bond acceptors (Lipinski definition) is 6. The molecule has 1 saturated heterocycles. The Morgan fingerprint density at radius 3 is 2.93 bits per heavy atom. The Kier molecular flexibility index (Phi) is 7.29. The Labute approximate surface area is 159 Å². The van der Waals surface area contributed by atoms with Crippen LogP contribution in [0.25, 0.3) is 0 Å². The molecule has 1 aliphatic carbocycles. The number of carbonyl (C=O) groups excluding carboxylic acids is 2. The number of amides is 3. The van der Waals surface area contributed by atoms with E-state index in [2.05, 4.69) is 16.2 Å². The number of ether oxygens (including phenoxy) is 2. The maximum absolute atomic E-state index is 11.6. The average Bonchev–Trinajstić information content (AvgIpc) is 3.48. The smallest absolute Gasteiger partial charge is 0.324 e. The Morgan fingerprint density at radius 1 is 1.22 bits per heavy atom. The van der Waals surface area contributed by atoms with Gasteiger partial charge in [-0.05, 0) is 37.3 Å². The molecule has 3 rings (SSSR count). The second kappa shape index (κ2) is 10.1. The Morgan fingerprint density at radius 2 is 2.11 bits per heavy atom. The number of rotatable bonds is 12. The third kappa shape index (κ3) is 7.07. The minimum Gasteiger partial charge on any atom is -0.493 e. The van der Waals surface area contributed by atoms with Crippen molar-refractivity contribution in [3.8, 4) is 5.75 Å². The van der Waals surface area contributed by atoms with E-state index in [-0.39, 0.29) is 11.9 Å². The summed E-state index contributed by atoms with van der Waals surface area (Å²) in [5.74, 6) is 1.42. The second-order valence-electron chi connectivity index (χ2n) is 6.89. The molecule has 2 aliphatic rings. The van der Waals surface area contributed by atoms with Crippen LogP contribution < -0.4 is 20.9 Å². The Bertz CT molecular complexity index is 636. The molecule has 1 saturated carbocycles. The summed E-state index contributed by atoms with van der Waals surface area (Å²) in [6.07, 6.45) is 3.77. The summed E-state index contributed by atoms with van der Waals surface area (Å²) in [6, 6.07) is 7.59. The van der Waals surface area contributed by atoms with E-state index in [1.165, 1.54) is 12.8 Å². The highest BCUT2D eigenvalue weighted by Gasteiger charge is 2.22. The fourth-order valence-electron chi connectivity index (χ4n) is 2.68. The summed E-state index contributed by atoms with van der Waals surface area (Å²) in [7, 11) is 0. The molecule has 2 fully saturated rings. The maximum atomic E-state index is 11.6. The highest BCUT2D eigenvalue weighted by atomic mass is 16.5. The molecule has 27 heavy (non-hydrogen) atoms. The van der Waals surface area contributed by atoms with Crippen molar-refractivity contribution >= 4 is 17.6 Å². The van der Waals surface area contributed by atoms with Gasteiger partial charge in [-0.15, -0.1) is 0 Å². The number of carbonyl (C=O) groups is 2. The average molecular weight is 376 g/mol. The van der Waals surface area contributed by atoms with Crippen molar-refractivity contribution in [2.24, 2.45) is 5.92 Å². The molecule has 1 aromatic carbocycles. The third-order valence-electron chi connectivity index (χ3n) is 4.49. The van der Waals surface area contributed by atoms with E-state index in [0.717, 1.165) is 36.9 Å². The van der Waals surface area contributed by atoms with Gasteiger partial charge in [-0.25, -0.2) is 10.2 Å². The van der Waals surface area contributed by atoms with Gasteiger partial charge in [-0.2, -0.15) is 0 Å². The van der Waals surface area contributed by atoms with E-state index >= 15 is 0 Å². The van der Waals surface area contributed by atoms with Gasteiger partial charge in [0.2, 0.25) is 5.91 Å². The van der Waals surface area contributed by atoms with Crippen molar-refractivity contribution < 1.29 is 19.1 Å². The van der Waals surface area contributed by atoms with Gasteiger partial charge in [0.05, 0.1) is 18.9 Å². The first-order chi connectivity index (χ1) is 13.2. The summed E-state index contributed by atoms with van der Waals surface area (Å²) in [4.78, 5) is 24.2. The Hall–Kier alpha value is -2.32. The second-order valence-corrected chi connectivity index (χ2v) is 6.89. The number of hydrazine groups is 1. The van der Waals surface area contributed by atoms with Crippen LogP contribution in [0, 0.1) is 5.92 Å². The normalized spacial score (nSPS) is 17.0. The quantitative estimate of drug-likeness (QED) is 0.380. The number of urea groups is 1. The van der Waals surface area contributed by atoms with E-state index < -0.39 is 0 Å². The lowest BCUT2D eigenvalue weighted by molar-refractivity contribution is -0.121. The van der Waals surface area contributed by atoms with E-state index in [1.807, 2.05) is 24.3 Å². The van der Waals surface area contributed by atoms with Crippen LogP contribution in [0.1, 0.15) is 25.7 Å². The molecule has 8 heteroatoms. The lowest BCUT2D eigenvalue weighted by Gasteiger charge is -2.26. The molecule has 3 amide bonds. The lowest BCUT2D eigenvalue weighted by atomic mass is 10.3. The van der Waals surface area contributed by atoms with Gasteiger partial charge in [0.25, 0.3) is 0 Å². The summed E-state index contributed by atoms with van der Waals surface area (Å²) >= 11 is 0. The van der Waals surface area contributed by atoms with Gasteiger partial charge in [0, 0.05) is 38.7 Å². The molecule has 8 nitrogen and oxygen atoms in total. The van der Waals surface area contributed by atoms with Gasteiger partial charge in [0.1, 0.15) is 5.75 Å². The largest absolute Gasteiger partial charge is 0.493 e. The highest BCUT2D eigenvalue weighted by Crippen LogP contribution is 2.29. The van der Waals surface area contributed by atoms with Gasteiger partial charge in [-0.1, -0.05) is 6.07 Å². The Balaban J connectivity index is 1.20. The molecule has 0 aromatic heterocycles. The summed E-state index contributed by atoms with van der Waals surface area (Å²) in [6.45, 7) is 3.60.